The first-order valence-electron chi connectivity index (χ1n) is 9.32. The third-order valence-corrected chi connectivity index (χ3v) is 4.05. The molecule has 6 heteroatoms. The van der Waals surface area contributed by atoms with E-state index in [2.05, 4.69) is 19.2 Å². The molecular weight excluding hydrogens is 358 g/mol. The summed E-state index contributed by atoms with van der Waals surface area (Å²) in [5.74, 6) is 0.245. The van der Waals surface area contributed by atoms with E-state index in [0.29, 0.717) is 18.1 Å². The Morgan fingerprint density at radius 1 is 0.964 bits per heavy atom. The third-order valence-electron chi connectivity index (χ3n) is 4.05. The molecule has 6 nitrogen and oxygen atoms in total. The van der Waals surface area contributed by atoms with Gasteiger partial charge in [-0.3, -0.25) is 4.79 Å². The zero-order valence-corrected chi connectivity index (χ0v) is 16.8. The van der Waals surface area contributed by atoms with E-state index in [1.165, 1.54) is 0 Å². The Bertz CT molecular complexity index is 816. The number of anilines is 1. The highest BCUT2D eigenvalue weighted by Crippen LogP contribution is 2.27. The lowest BCUT2D eigenvalue weighted by Crippen LogP contribution is -2.24. The van der Waals surface area contributed by atoms with Crippen LogP contribution in [-0.2, 0) is 14.3 Å². The molecule has 0 aliphatic rings. The molecule has 2 aromatic rings. The van der Waals surface area contributed by atoms with E-state index in [1.807, 2.05) is 38.1 Å². The fraction of sp³-hybridized carbons (Fsp3) is 0.364. The lowest BCUT2D eigenvalue weighted by molar-refractivity contribution is -0.149. The van der Waals surface area contributed by atoms with Gasteiger partial charge in [0.2, 0.25) is 0 Å². The van der Waals surface area contributed by atoms with Crippen molar-refractivity contribution in [2.24, 2.45) is 0 Å². The summed E-state index contributed by atoms with van der Waals surface area (Å²) in [7, 11) is 0. The number of ether oxygens (including phenoxy) is 3. The maximum absolute atomic E-state index is 12.2. The van der Waals surface area contributed by atoms with Crippen molar-refractivity contribution in [3.05, 3.63) is 53.6 Å². The molecule has 2 rings (SSSR count). The molecule has 0 bridgehead atoms. The van der Waals surface area contributed by atoms with Crippen LogP contribution in [0.1, 0.15) is 37.8 Å². The maximum Gasteiger partial charge on any atom is 0.344 e. The summed E-state index contributed by atoms with van der Waals surface area (Å²) in [5, 5.41) is 2.84. The van der Waals surface area contributed by atoms with Gasteiger partial charge in [-0.05, 0) is 43.0 Å². The molecule has 2 aromatic carbocycles. The van der Waals surface area contributed by atoms with E-state index < -0.39 is 5.97 Å². The van der Waals surface area contributed by atoms with E-state index in [9.17, 15) is 9.59 Å². The van der Waals surface area contributed by atoms with Gasteiger partial charge in [0.1, 0.15) is 0 Å². The Kier molecular flexibility index (Phi) is 7.87. The molecule has 0 spiro atoms. The lowest BCUT2D eigenvalue weighted by atomic mass is 9.98. The molecule has 0 atom stereocenters. The summed E-state index contributed by atoms with van der Waals surface area (Å²) in [5.41, 5.74) is 2.76. The molecule has 150 valence electrons. The van der Waals surface area contributed by atoms with Gasteiger partial charge in [0.05, 0.1) is 6.61 Å². The summed E-state index contributed by atoms with van der Waals surface area (Å²) in [4.78, 5) is 24.1. The van der Waals surface area contributed by atoms with Gasteiger partial charge >= 0.3 is 5.97 Å². The first-order valence-corrected chi connectivity index (χ1v) is 9.32. The van der Waals surface area contributed by atoms with Gasteiger partial charge in [-0.2, -0.15) is 0 Å². The molecule has 1 N–H and O–H groups in total. The number of amides is 1. The number of carbonyl (C=O) groups excluding carboxylic acids is 2. The number of aryl methyl sites for hydroxylation is 1. The van der Waals surface area contributed by atoms with Crippen LogP contribution in [0.5, 0.6) is 11.5 Å². The monoisotopic (exact) mass is 385 g/mol. The van der Waals surface area contributed by atoms with Crippen LogP contribution in [0.2, 0.25) is 0 Å². The maximum atomic E-state index is 12.2. The minimum atomic E-state index is -0.629. The van der Waals surface area contributed by atoms with Crippen LogP contribution in [0.3, 0.4) is 0 Å². The van der Waals surface area contributed by atoms with Crippen molar-refractivity contribution in [3.8, 4) is 11.5 Å². The highest BCUT2D eigenvalue weighted by atomic mass is 16.6. The minimum absolute atomic E-state index is 0.261. The fourth-order valence-electron chi connectivity index (χ4n) is 2.69. The van der Waals surface area contributed by atoms with Gasteiger partial charge in [0.25, 0.3) is 5.91 Å². The summed E-state index contributed by atoms with van der Waals surface area (Å²) in [6.45, 7) is 7.71. The molecule has 0 radical (unpaired) electrons. The number of rotatable bonds is 9. The topological polar surface area (TPSA) is 73.9 Å². The second kappa shape index (κ2) is 10.3. The molecule has 0 aliphatic heterocycles. The summed E-state index contributed by atoms with van der Waals surface area (Å²) in [6, 6.07) is 12.9. The minimum Gasteiger partial charge on any atom is -0.490 e. The number of carbonyl (C=O) groups is 2. The highest BCUT2D eigenvalue weighted by molar-refractivity contribution is 5.94. The molecule has 28 heavy (non-hydrogen) atoms. The van der Waals surface area contributed by atoms with Crippen molar-refractivity contribution >= 4 is 17.6 Å². The molecule has 0 unspecified atom stereocenters. The molecule has 0 fully saturated rings. The van der Waals surface area contributed by atoms with Crippen molar-refractivity contribution in [1.82, 2.24) is 0 Å². The average molecular weight is 385 g/mol. The largest absolute Gasteiger partial charge is 0.490 e. The van der Waals surface area contributed by atoms with Crippen molar-refractivity contribution in [2.45, 2.75) is 33.6 Å². The number of hydrogen-bond acceptors (Lipinski definition) is 5. The smallest absolute Gasteiger partial charge is 0.344 e. The van der Waals surface area contributed by atoms with Gasteiger partial charge in [-0.15, -0.1) is 0 Å². The number of hydrogen-bond donors (Lipinski definition) is 1. The van der Waals surface area contributed by atoms with Crippen LogP contribution in [0, 0.1) is 6.92 Å². The highest BCUT2D eigenvalue weighted by Gasteiger charge is 2.14. The Hall–Kier alpha value is -3.02. The van der Waals surface area contributed by atoms with Crippen LogP contribution < -0.4 is 14.8 Å². The molecule has 0 saturated carbocycles. The molecule has 0 aliphatic carbocycles. The SMILES string of the molecule is CCOc1ccccc1OCC(=O)OCC(=O)Nc1c(C)cccc1C(C)C. The third kappa shape index (κ3) is 6.01. The predicted octanol–water partition coefficient (Wildman–Crippen LogP) is 4.08. The standard InChI is InChI=1S/C22H27NO5/c1-5-26-18-11-6-7-12-19(18)27-14-21(25)28-13-20(24)23-22-16(4)9-8-10-17(22)15(2)3/h6-12,15H,5,13-14H2,1-4H3,(H,23,24). The second-order valence-corrected chi connectivity index (χ2v) is 6.57. The number of para-hydroxylation sites is 3. The first kappa shape index (κ1) is 21.3. The summed E-state index contributed by atoms with van der Waals surface area (Å²) in [6.07, 6.45) is 0. The predicted molar refractivity (Wildman–Crippen MR) is 108 cm³/mol. The summed E-state index contributed by atoms with van der Waals surface area (Å²) >= 11 is 0. The molecule has 0 heterocycles. The van der Waals surface area contributed by atoms with E-state index in [-0.39, 0.29) is 25.0 Å². The Balaban J connectivity index is 1.86. The van der Waals surface area contributed by atoms with Gasteiger partial charge in [-0.25, -0.2) is 4.79 Å². The van der Waals surface area contributed by atoms with Gasteiger partial charge in [0, 0.05) is 5.69 Å². The second-order valence-electron chi connectivity index (χ2n) is 6.57. The van der Waals surface area contributed by atoms with E-state index in [0.717, 1.165) is 16.8 Å². The van der Waals surface area contributed by atoms with Crippen molar-refractivity contribution in [3.63, 3.8) is 0 Å². The number of benzene rings is 2. The van der Waals surface area contributed by atoms with Crippen molar-refractivity contribution in [2.75, 3.05) is 25.1 Å². The van der Waals surface area contributed by atoms with Crippen molar-refractivity contribution < 1.29 is 23.8 Å². The molecular formula is C22H27NO5. The Labute approximate surface area is 165 Å². The van der Waals surface area contributed by atoms with Gasteiger partial charge in [0.15, 0.2) is 24.7 Å². The normalized spacial score (nSPS) is 10.5. The lowest BCUT2D eigenvalue weighted by Gasteiger charge is -2.16. The van der Waals surface area contributed by atoms with Gasteiger partial charge in [-0.1, -0.05) is 44.2 Å². The Morgan fingerprint density at radius 3 is 2.29 bits per heavy atom. The summed E-state index contributed by atoms with van der Waals surface area (Å²) < 4.78 is 15.9. The zero-order valence-electron chi connectivity index (χ0n) is 16.8. The van der Waals surface area contributed by atoms with E-state index in [4.69, 9.17) is 14.2 Å². The quantitative estimate of drug-likeness (QED) is 0.659. The van der Waals surface area contributed by atoms with Gasteiger partial charge < -0.3 is 19.5 Å². The van der Waals surface area contributed by atoms with Crippen LogP contribution in [0.25, 0.3) is 0 Å². The van der Waals surface area contributed by atoms with Crippen LogP contribution in [-0.4, -0.2) is 31.7 Å². The van der Waals surface area contributed by atoms with Crippen LogP contribution in [0.15, 0.2) is 42.5 Å². The van der Waals surface area contributed by atoms with E-state index in [1.54, 1.807) is 18.2 Å². The first-order chi connectivity index (χ1) is 13.4. The number of nitrogens with one attached hydrogen (secondary N) is 1. The molecule has 1 amide bonds. The average Bonchev–Trinajstić information content (AvgIpc) is 2.67. The molecule has 0 aromatic heterocycles. The van der Waals surface area contributed by atoms with E-state index >= 15 is 0 Å². The van der Waals surface area contributed by atoms with Crippen LogP contribution in [0.4, 0.5) is 5.69 Å². The number of esters is 1. The zero-order chi connectivity index (χ0) is 20.5. The van der Waals surface area contributed by atoms with Crippen molar-refractivity contribution in [1.29, 1.82) is 0 Å². The Morgan fingerprint density at radius 2 is 1.64 bits per heavy atom. The molecule has 0 saturated heterocycles. The fourth-order valence-corrected chi connectivity index (χ4v) is 2.69. The van der Waals surface area contributed by atoms with Crippen LogP contribution >= 0.6 is 0 Å².